The molecule has 1 heterocycles. The third-order valence-corrected chi connectivity index (χ3v) is 2.12. The van der Waals surface area contributed by atoms with E-state index in [0.717, 1.165) is 19.5 Å². The molecular weight excluding hydrogens is 156 g/mol. The number of piperidine rings is 1. The number of hydrogen-bond acceptors (Lipinski definition) is 3. The van der Waals surface area contributed by atoms with Crippen molar-refractivity contribution in [3.63, 3.8) is 0 Å². The van der Waals surface area contributed by atoms with Gasteiger partial charge in [0.2, 0.25) is 5.91 Å². The minimum absolute atomic E-state index is 0.0175. The monoisotopic (exact) mass is 172 g/mol. The third-order valence-electron chi connectivity index (χ3n) is 2.12. The fourth-order valence-electron chi connectivity index (χ4n) is 1.50. The van der Waals surface area contributed by atoms with Crippen LogP contribution >= 0.6 is 0 Å². The summed E-state index contributed by atoms with van der Waals surface area (Å²) in [4.78, 5) is 10.8. The van der Waals surface area contributed by atoms with Gasteiger partial charge in [0.15, 0.2) is 0 Å². The van der Waals surface area contributed by atoms with Crippen LogP contribution in [0.25, 0.3) is 0 Å². The van der Waals surface area contributed by atoms with Crippen molar-refractivity contribution >= 4 is 5.91 Å². The summed E-state index contributed by atoms with van der Waals surface area (Å²) in [6.07, 6.45) is 1.06. The van der Waals surface area contributed by atoms with Gasteiger partial charge in [-0.3, -0.25) is 4.79 Å². The molecule has 0 aliphatic carbocycles. The third kappa shape index (κ3) is 2.46. The number of nitrogens with one attached hydrogen (secondary N) is 2. The van der Waals surface area contributed by atoms with Crippen molar-refractivity contribution in [3.05, 3.63) is 0 Å². The molecular formula is C8H16N2O2. The molecule has 0 spiro atoms. The fraction of sp³-hybridized carbons (Fsp3) is 0.875. The second-order valence-electron chi connectivity index (χ2n) is 3.07. The van der Waals surface area contributed by atoms with Crippen molar-refractivity contribution < 1.29 is 9.53 Å². The lowest BCUT2D eigenvalue weighted by molar-refractivity contribution is -0.121. The first-order chi connectivity index (χ1) is 5.74. The number of amides is 1. The molecule has 4 heteroatoms. The number of methoxy groups -OCH3 is 1. The standard InChI is InChI=1S/C8H16N2O2/c1-6(11)10-7-3-4-9-5-8(7)12-2/h7-9H,3-5H2,1-2H3,(H,10,11). The molecule has 1 fully saturated rings. The highest BCUT2D eigenvalue weighted by Crippen LogP contribution is 2.06. The Bertz CT molecular complexity index is 161. The second-order valence-corrected chi connectivity index (χ2v) is 3.07. The molecule has 0 aromatic heterocycles. The average molecular weight is 172 g/mol. The van der Waals surface area contributed by atoms with Crippen LogP contribution < -0.4 is 10.6 Å². The molecule has 0 saturated carbocycles. The van der Waals surface area contributed by atoms with Gasteiger partial charge in [-0.1, -0.05) is 0 Å². The van der Waals surface area contributed by atoms with E-state index in [2.05, 4.69) is 10.6 Å². The molecule has 1 aliphatic rings. The summed E-state index contributed by atoms with van der Waals surface area (Å²) < 4.78 is 5.23. The minimum atomic E-state index is 0.0175. The topological polar surface area (TPSA) is 50.4 Å². The minimum Gasteiger partial charge on any atom is -0.378 e. The van der Waals surface area contributed by atoms with E-state index in [9.17, 15) is 4.79 Å². The smallest absolute Gasteiger partial charge is 0.217 e. The van der Waals surface area contributed by atoms with E-state index in [4.69, 9.17) is 4.74 Å². The predicted molar refractivity (Wildman–Crippen MR) is 45.9 cm³/mol. The predicted octanol–water partition coefficient (Wildman–Crippen LogP) is -0.501. The molecule has 0 aromatic carbocycles. The van der Waals surface area contributed by atoms with Gasteiger partial charge in [-0.2, -0.15) is 0 Å². The van der Waals surface area contributed by atoms with Crippen molar-refractivity contribution in [1.82, 2.24) is 10.6 Å². The Morgan fingerprint density at radius 3 is 3.00 bits per heavy atom. The number of carbonyl (C=O) groups is 1. The molecule has 2 N–H and O–H groups in total. The lowest BCUT2D eigenvalue weighted by Gasteiger charge is -2.31. The molecule has 0 radical (unpaired) electrons. The zero-order valence-corrected chi connectivity index (χ0v) is 7.59. The summed E-state index contributed by atoms with van der Waals surface area (Å²) >= 11 is 0. The number of hydrogen-bond donors (Lipinski definition) is 2. The first-order valence-corrected chi connectivity index (χ1v) is 4.24. The number of ether oxygens (including phenoxy) is 1. The van der Waals surface area contributed by atoms with Crippen molar-refractivity contribution in [3.8, 4) is 0 Å². The highest BCUT2D eigenvalue weighted by atomic mass is 16.5. The van der Waals surface area contributed by atoms with Crippen molar-refractivity contribution in [1.29, 1.82) is 0 Å². The van der Waals surface area contributed by atoms with Crippen LogP contribution in [0.15, 0.2) is 0 Å². The van der Waals surface area contributed by atoms with Crippen molar-refractivity contribution in [2.75, 3.05) is 20.2 Å². The highest BCUT2D eigenvalue weighted by molar-refractivity contribution is 5.73. The zero-order chi connectivity index (χ0) is 8.97. The van der Waals surface area contributed by atoms with Gasteiger partial charge in [-0.15, -0.1) is 0 Å². The number of carbonyl (C=O) groups excluding carboxylic acids is 1. The summed E-state index contributed by atoms with van der Waals surface area (Å²) in [6.45, 7) is 3.31. The maximum absolute atomic E-state index is 10.8. The summed E-state index contributed by atoms with van der Waals surface area (Å²) in [5.41, 5.74) is 0. The van der Waals surface area contributed by atoms with Crippen LogP contribution in [0.1, 0.15) is 13.3 Å². The summed E-state index contributed by atoms with van der Waals surface area (Å²) in [6, 6.07) is 0.175. The van der Waals surface area contributed by atoms with E-state index in [1.807, 2.05) is 0 Å². The molecule has 1 aliphatic heterocycles. The lowest BCUT2D eigenvalue weighted by atomic mass is 10.0. The highest BCUT2D eigenvalue weighted by Gasteiger charge is 2.24. The molecule has 12 heavy (non-hydrogen) atoms. The van der Waals surface area contributed by atoms with Crippen LogP contribution in [0.3, 0.4) is 0 Å². The van der Waals surface area contributed by atoms with Crippen LogP contribution in [0.2, 0.25) is 0 Å². The second kappa shape index (κ2) is 4.42. The van der Waals surface area contributed by atoms with Gasteiger partial charge in [0.05, 0.1) is 12.1 Å². The van der Waals surface area contributed by atoms with Crippen molar-refractivity contribution in [2.45, 2.75) is 25.5 Å². The van der Waals surface area contributed by atoms with Gasteiger partial charge in [0.25, 0.3) is 0 Å². The van der Waals surface area contributed by atoms with E-state index < -0.39 is 0 Å². The van der Waals surface area contributed by atoms with E-state index in [1.165, 1.54) is 6.92 Å². The van der Waals surface area contributed by atoms with Gasteiger partial charge >= 0.3 is 0 Å². The largest absolute Gasteiger partial charge is 0.378 e. The van der Waals surface area contributed by atoms with E-state index in [0.29, 0.717) is 0 Å². The van der Waals surface area contributed by atoms with Crippen LogP contribution in [-0.2, 0) is 9.53 Å². The Morgan fingerprint density at radius 2 is 2.42 bits per heavy atom. The molecule has 0 bridgehead atoms. The molecule has 2 atom stereocenters. The van der Waals surface area contributed by atoms with Gasteiger partial charge in [0, 0.05) is 20.6 Å². The van der Waals surface area contributed by atoms with Gasteiger partial charge in [-0.25, -0.2) is 0 Å². The quantitative estimate of drug-likeness (QED) is 0.590. The first-order valence-electron chi connectivity index (χ1n) is 4.24. The van der Waals surface area contributed by atoms with Crippen LogP contribution in [0, 0.1) is 0 Å². The van der Waals surface area contributed by atoms with E-state index >= 15 is 0 Å². The molecule has 1 amide bonds. The Hall–Kier alpha value is -0.610. The number of rotatable bonds is 2. The lowest BCUT2D eigenvalue weighted by Crippen LogP contribution is -2.53. The van der Waals surface area contributed by atoms with Crippen LogP contribution in [-0.4, -0.2) is 38.3 Å². The Morgan fingerprint density at radius 1 is 1.67 bits per heavy atom. The molecule has 70 valence electrons. The fourth-order valence-corrected chi connectivity index (χ4v) is 1.50. The SMILES string of the molecule is COC1CNCCC1NC(C)=O. The zero-order valence-electron chi connectivity index (χ0n) is 7.59. The average Bonchev–Trinajstić information content (AvgIpc) is 2.04. The van der Waals surface area contributed by atoms with E-state index in [-0.39, 0.29) is 18.1 Å². The van der Waals surface area contributed by atoms with Crippen molar-refractivity contribution in [2.24, 2.45) is 0 Å². The van der Waals surface area contributed by atoms with Gasteiger partial charge in [-0.05, 0) is 13.0 Å². The molecule has 1 rings (SSSR count). The molecule has 1 saturated heterocycles. The Kier molecular flexibility index (Phi) is 3.49. The van der Waals surface area contributed by atoms with Crippen LogP contribution in [0.4, 0.5) is 0 Å². The Balaban J connectivity index is 2.41. The maximum Gasteiger partial charge on any atom is 0.217 e. The molecule has 2 unspecified atom stereocenters. The molecule has 0 aromatic rings. The van der Waals surface area contributed by atoms with Gasteiger partial charge in [0.1, 0.15) is 0 Å². The summed E-state index contributed by atoms with van der Waals surface area (Å²) in [5.74, 6) is 0.0175. The van der Waals surface area contributed by atoms with Crippen LogP contribution in [0.5, 0.6) is 0 Å². The first kappa shape index (κ1) is 9.48. The van der Waals surface area contributed by atoms with E-state index in [1.54, 1.807) is 7.11 Å². The summed E-state index contributed by atoms with van der Waals surface area (Å²) in [5, 5.41) is 6.09. The maximum atomic E-state index is 10.8. The van der Waals surface area contributed by atoms with Gasteiger partial charge < -0.3 is 15.4 Å². The summed E-state index contributed by atoms with van der Waals surface area (Å²) in [7, 11) is 1.67. The normalized spacial score (nSPS) is 29.8. The molecule has 4 nitrogen and oxygen atoms in total. The Labute approximate surface area is 72.7 Å².